The molecule has 0 saturated carbocycles. The van der Waals surface area contributed by atoms with Gasteiger partial charge in [-0.3, -0.25) is 4.57 Å². The fourth-order valence-corrected chi connectivity index (χ4v) is 5.85. The first-order chi connectivity index (χ1) is 5.73. The van der Waals surface area contributed by atoms with Crippen molar-refractivity contribution in [3.8, 4) is 0 Å². The molecule has 13 heavy (non-hydrogen) atoms. The number of hydrogen-bond acceptors (Lipinski definition) is 1. The zero-order valence-corrected chi connectivity index (χ0v) is 16.1. The van der Waals surface area contributed by atoms with Crippen LogP contribution in [0.3, 0.4) is 0 Å². The van der Waals surface area contributed by atoms with Gasteiger partial charge in [-0.1, -0.05) is 93.1 Å². The summed E-state index contributed by atoms with van der Waals surface area (Å²) >= 11 is 7.93. The van der Waals surface area contributed by atoms with Gasteiger partial charge >= 0.3 is 0.725 Å². The molecule has 80 valence electrons. The Kier molecular flexibility index (Phi) is 8.09. The molecule has 0 aliphatic heterocycles. The van der Waals surface area contributed by atoms with Crippen molar-refractivity contribution in [3.05, 3.63) is 0 Å². The Morgan fingerprint density at radius 2 is 1.23 bits per heavy atom. The number of nitrogens with zero attached hydrogens (tertiary/aromatic N) is 1. The van der Waals surface area contributed by atoms with Gasteiger partial charge in [0.25, 0.3) is 0 Å². The lowest BCUT2D eigenvalue weighted by atomic mass is 10.2. The van der Waals surface area contributed by atoms with E-state index in [1.54, 1.807) is 0 Å². The van der Waals surface area contributed by atoms with Crippen molar-refractivity contribution in [3.63, 3.8) is 0 Å². The van der Waals surface area contributed by atoms with Crippen LogP contribution in [0.1, 0.15) is 27.7 Å². The minimum atomic E-state index is -1.17. The molecule has 0 aliphatic carbocycles. The third kappa shape index (κ3) is 8.20. The molecule has 0 amide bonds. The van der Waals surface area contributed by atoms with Crippen LogP contribution in [0.15, 0.2) is 0 Å². The SMILES string of the molecule is CC(C)CN(CC(C)C)[Si](I)(I)I. The Hall–Kier alpha value is 2.37. The van der Waals surface area contributed by atoms with Crippen LogP contribution in [-0.2, 0) is 0 Å². The monoisotopic (exact) mass is 537 g/mol. The molecule has 1 nitrogen and oxygen atoms in total. The number of rotatable bonds is 5. The van der Waals surface area contributed by atoms with Crippen LogP contribution in [0.4, 0.5) is 0 Å². The molecular formula is C8H18I3NSi. The van der Waals surface area contributed by atoms with Gasteiger partial charge in [-0.05, 0) is 24.9 Å². The summed E-state index contributed by atoms with van der Waals surface area (Å²) in [5.41, 5.74) is 0. The highest BCUT2D eigenvalue weighted by atomic mass is 127. The van der Waals surface area contributed by atoms with Crippen LogP contribution in [0.2, 0.25) is 0 Å². The Labute approximate surface area is 122 Å². The minimum Gasteiger partial charge on any atom is -0.300 e. The number of hydrogen-bond donors (Lipinski definition) is 0. The lowest BCUT2D eigenvalue weighted by Crippen LogP contribution is -2.43. The maximum absolute atomic E-state index is 2.68. The summed E-state index contributed by atoms with van der Waals surface area (Å²) in [7, 11) is 0. The van der Waals surface area contributed by atoms with Crippen molar-refractivity contribution < 1.29 is 0 Å². The first-order valence-electron chi connectivity index (χ1n) is 4.55. The Morgan fingerprint density at radius 1 is 0.923 bits per heavy atom. The molecule has 0 N–H and O–H groups in total. The summed E-state index contributed by atoms with van der Waals surface area (Å²) < 4.78 is 1.52. The Balaban J connectivity index is 4.20. The predicted molar refractivity (Wildman–Crippen MR) is 89.1 cm³/mol. The molecule has 0 fully saturated rings. The van der Waals surface area contributed by atoms with E-state index in [0.717, 1.165) is 11.8 Å². The number of halogens is 3. The zero-order valence-electron chi connectivity index (χ0n) is 8.65. The first-order valence-corrected chi connectivity index (χ1v) is 15.8. The largest absolute Gasteiger partial charge is 0.329 e. The second kappa shape index (κ2) is 6.84. The molecule has 5 heteroatoms. The highest BCUT2D eigenvalue weighted by Crippen LogP contribution is 2.34. The fourth-order valence-electron chi connectivity index (χ4n) is 1.16. The molecular weight excluding hydrogens is 519 g/mol. The van der Waals surface area contributed by atoms with Crippen molar-refractivity contribution in [2.75, 3.05) is 13.1 Å². The molecule has 0 atom stereocenters. The highest BCUT2D eigenvalue weighted by Gasteiger charge is 2.31. The Morgan fingerprint density at radius 3 is 1.38 bits per heavy atom. The van der Waals surface area contributed by atoms with E-state index in [1.165, 1.54) is 13.1 Å². The van der Waals surface area contributed by atoms with E-state index in [-0.39, 0.29) is 0 Å². The summed E-state index contributed by atoms with van der Waals surface area (Å²) in [4.78, 5) is 0. The molecule has 0 saturated heterocycles. The zero-order chi connectivity index (χ0) is 10.6. The van der Waals surface area contributed by atoms with E-state index < -0.39 is 0.725 Å². The fraction of sp³-hybridized carbons (Fsp3) is 1.00. The molecule has 0 heterocycles. The van der Waals surface area contributed by atoms with E-state index in [2.05, 4.69) is 97.7 Å². The maximum Gasteiger partial charge on any atom is 0.329 e. The third-order valence-corrected chi connectivity index (χ3v) is 8.75. The van der Waals surface area contributed by atoms with Crippen LogP contribution in [0, 0.1) is 11.8 Å². The average molecular weight is 537 g/mol. The normalized spacial score (nSPS) is 13.4. The van der Waals surface area contributed by atoms with Gasteiger partial charge in [0.15, 0.2) is 0 Å². The summed E-state index contributed by atoms with van der Waals surface area (Å²) in [6, 6.07) is 0. The van der Waals surface area contributed by atoms with Crippen LogP contribution in [0.5, 0.6) is 0 Å². The molecule has 0 radical (unpaired) electrons. The molecule has 0 aromatic heterocycles. The molecule has 0 rings (SSSR count). The average Bonchev–Trinajstić information content (AvgIpc) is 1.81. The lowest BCUT2D eigenvalue weighted by molar-refractivity contribution is 0.349. The van der Waals surface area contributed by atoms with Crippen LogP contribution in [0.25, 0.3) is 0 Å². The molecule has 0 aromatic carbocycles. The summed E-state index contributed by atoms with van der Waals surface area (Å²) in [6.45, 7) is 11.7. The van der Waals surface area contributed by atoms with E-state index in [4.69, 9.17) is 0 Å². The summed E-state index contributed by atoms with van der Waals surface area (Å²) in [5.74, 6) is 1.56. The second-order valence-corrected chi connectivity index (χ2v) is 38.4. The van der Waals surface area contributed by atoms with E-state index in [9.17, 15) is 0 Å². The van der Waals surface area contributed by atoms with Gasteiger partial charge in [0.1, 0.15) is 0 Å². The van der Waals surface area contributed by atoms with Crippen molar-refractivity contribution in [1.82, 2.24) is 4.57 Å². The van der Waals surface area contributed by atoms with Gasteiger partial charge < -0.3 is 0 Å². The van der Waals surface area contributed by atoms with Gasteiger partial charge in [0, 0.05) is 0 Å². The molecule has 0 aromatic rings. The van der Waals surface area contributed by atoms with Crippen molar-refractivity contribution >= 4 is 66.1 Å². The van der Waals surface area contributed by atoms with Gasteiger partial charge in [0.05, 0.1) is 0 Å². The first kappa shape index (κ1) is 15.4. The molecule has 0 bridgehead atoms. The van der Waals surface area contributed by atoms with E-state index >= 15 is 0 Å². The lowest BCUT2D eigenvalue weighted by Gasteiger charge is -2.32. The highest BCUT2D eigenvalue weighted by molar-refractivity contribution is 14.4. The molecule has 0 aliphatic rings. The minimum absolute atomic E-state index is 0.782. The van der Waals surface area contributed by atoms with Gasteiger partial charge in [-0.2, -0.15) is 0 Å². The van der Waals surface area contributed by atoms with E-state index in [0.29, 0.717) is 0 Å². The Bertz CT molecular complexity index is 135. The maximum atomic E-state index is 2.68. The second-order valence-electron chi connectivity index (χ2n) is 4.16. The van der Waals surface area contributed by atoms with E-state index in [1.807, 2.05) is 0 Å². The van der Waals surface area contributed by atoms with Crippen molar-refractivity contribution in [2.45, 2.75) is 27.7 Å². The predicted octanol–water partition coefficient (Wildman–Crippen LogP) is 4.34. The van der Waals surface area contributed by atoms with Crippen LogP contribution < -0.4 is 0 Å². The smallest absolute Gasteiger partial charge is 0.300 e. The van der Waals surface area contributed by atoms with Crippen molar-refractivity contribution in [1.29, 1.82) is 0 Å². The third-order valence-electron chi connectivity index (χ3n) is 1.53. The standard InChI is InChI=1S/C8H18I3NSi/c1-7(2)5-12(6-8(3)4)13(9,10)11/h7-8H,5-6H2,1-4H3. The van der Waals surface area contributed by atoms with Gasteiger partial charge in [0.2, 0.25) is 0 Å². The van der Waals surface area contributed by atoms with Crippen molar-refractivity contribution in [2.24, 2.45) is 11.8 Å². The quantitative estimate of drug-likeness (QED) is 0.287. The topological polar surface area (TPSA) is 3.24 Å². The molecule has 0 spiro atoms. The molecule has 0 unspecified atom stereocenters. The van der Waals surface area contributed by atoms with Crippen LogP contribution >= 0.6 is 65.4 Å². The summed E-state index contributed by atoms with van der Waals surface area (Å²) in [5, 5.41) is 0. The van der Waals surface area contributed by atoms with Crippen LogP contribution in [-0.4, -0.2) is 18.4 Å². The van der Waals surface area contributed by atoms with Gasteiger partial charge in [-0.15, -0.1) is 0 Å². The van der Waals surface area contributed by atoms with Gasteiger partial charge in [-0.25, -0.2) is 0 Å². The summed E-state index contributed by atoms with van der Waals surface area (Å²) in [6.07, 6.45) is 0.